The van der Waals surface area contributed by atoms with Gasteiger partial charge in [-0.25, -0.2) is 9.97 Å². The van der Waals surface area contributed by atoms with E-state index in [1.54, 1.807) is 0 Å². The minimum Gasteiger partial charge on any atom is -0.584 e. The van der Waals surface area contributed by atoms with Crippen molar-refractivity contribution in [3.63, 3.8) is 0 Å². The van der Waals surface area contributed by atoms with E-state index < -0.39 is 16.5 Å². The SMILES string of the molecule is [Cl][Pt+2][Cl].[NH-]Nc1nc2ccccc2s1.[NH-]Nc1nc2ccccc2s1. The van der Waals surface area contributed by atoms with Gasteiger partial charge in [-0.1, -0.05) is 46.9 Å². The predicted molar refractivity (Wildman–Crippen MR) is 107 cm³/mol. The number of aromatic nitrogens is 2. The van der Waals surface area contributed by atoms with Crippen molar-refractivity contribution in [3.05, 3.63) is 60.2 Å². The number of anilines is 2. The summed E-state index contributed by atoms with van der Waals surface area (Å²) in [4.78, 5) is 8.30. The molecule has 0 fully saturated rings. The molecule has 0 aliphatic carbocycles. The molecule has 0 saturated heterocycles. The van der Waals surface area contributed by atoms with Gasteiger partial charge in [-0.3, -0.25) is 0 Å². The van der Waals surface area contributed by atoms with Crippen LogP contribution in [0.25, 0.3) is 32.1 Å². The Hall–Kier alpha value is -0.992. The van der Waals surface area contributed by atoms with Crippen molar-refractivity contribution in [1.82, 2.24) is 9.97 Å². The number of benzene rings is 2. The van der Waals surface area contributed by atoms with Crippen LogP contribution in [-0.4, -0.2) is 9.97 Å². The largest absolute Gasteiger partial charge is 0.584 e. The molecular formula is C14H12Cl2N6PtS2. The second-order valence-electron chi connectivity index (χ2n) is 4.27. The summed E-state index contributed by atoms with van der Waals surface area (Å²) in [5.41, 5.74) is 6.45. The molecule has 134 valence electrons. The molecule has 4 N–H and O–H groups in total. The number of nitrogens with zero attached hydrogens (tertiary/aromatic N) is 2. The van der Waals surface area contributed by atoms with E-state index in [0.29, 0.717) is 10.3 Å². The molecule has 2 aromatic heterocycles. The van der Waals surface area contributed by atoms with Crippen LogP contribution in [0.2, 0.25) is 0 Å². The molecule has 11 heteroatoms. The van der Waals surface area contributed by atoms with Crippen molar-refractivity contribution in [2.45, 2.75) is 0 Å². The van der Waals surface area contributed by atoms with Crippen LogP contribution >= 0.6 is 41.5 Å². The average Bonchev–Trinajstić information content (AvgIpc) is 3.26. The molecule has 2 heterocycles. The first-order valence-electron chi connectivity index (χ1n) is 6.60. The van der Waals surface area contributed by atoms with Crippen molar-refractivity contribution in [2.75, 3.05) is 10.9 Å². The molecule has 0 bridgehead atoms. The number of fused-ring (bicyclic) bond motifs is 2. The minimum absolute atomic E-state index is 0.472. The van der Waals surface area contributed by atoms with Gasteiger partial charge in [0.2, 0.25) is 0 Å². The van der Waals surface area contributed by atoms with Gasteiger partial charge in [0.05, 0.1) is 20.4 Å². The smallest absolute Gasteiger partial charge is 0.166 e. The Kier molecular flexibility index (Phi) is 8.84. The minimum atomic E-state index is -0.472. The van der Waals surface area contributed by atoms with Crippen molar-refractivity contribution < 1.29 is 16.5 Å². The second-order valence-corrected chi connectivity index (χ2v) is 9.61. The van der Waals surface area contributed by atoms with E-state index in [4.69, 9.17) is 30.5 Å². The first-order chi connectivity index (χ1) is 12.2. The molecule has 2 aromatic carbocycles. The quantitative estimate of drug-likeness (QED) is 0.252. The van der Waals surface area contributed by atoms with Crippen molar-refractivity contribution in [1.29, 1.82) is 0 Å². The van der Waals surface area contributed by atoms with E-state index in [9.17, 15) is 0 Å². The van der Waals surface area contributed by atoms with Gasteiger partial charge in [0.15, 0.2) is 10.3 Å². The van der Waals surface area contributed by atoms with Crippen LogP contribution in [-0.2, 0) is 16.5 Å². The fourth-order valence-electron chi connectivity index (χ4n) is 1.85. The number of halogens is 2. The van der Waals surface area contributed by atoms with Crippen molar-refractivity contribution in [3.8, 4) is 0 Å². The van der Waals surface area contributed by atoms with Crippen LogP contribution in [0.15, 0.2) is 48.5 Å². The second kappa shape index (κ2) is 10.9. The zero-order valence-electron chi connectivity index (χ0n) is 12.4. The summed E-state index contributed by atoms with van der Waals surface area (Å²) in [7, 11) is 9.75. The standard InChI is InChI=1S/2C7H6N3S.2ClH.Pt/c2*8-10-7-9-5-3-1-2-4-6(5)11-7;;;/h2*1-4,8H,(H,9,10);2*1H;/q2*-1;;;+4/p-2. The molecule has 0 aliphatic rings. The Balaban J connectivity index is 0.000000156. The fourth-order valence-corrected chi connectivity index (χ4v) is 3.39. The zero-order chi connectivity index (χ0) is 18.1. The van der Waals surface area contributed by atoms with Gasteiger partial charge in [-0.2, -0.15) is 0 Å². The number of rotatable bonds is 2. The van der Waals surface area contributed by atoms with Gasteiger partial charge in [0.25, 0.3) is 0 Å². The zero-order valence-corrected chi connectivity index (χ0v) is 17.8. The summed E-state index contributed by atoms with van der Waals surface area (Å²) in [6.45, 7) is 0. The van der Waals surface area contributed by atoms with E-state index in [1.165, 1.54) is 22.7 Å². The van der Waals surface area contributed by atoms with E-state index in [-0.39, 0.29) is 0 Å². The topological polar surface area (TPSA) is 97.4 Å². The molecule has 0 unspecified atom stereocenters. The molecule has 4 aromatic rings. The monoisotopic (exact) mass is 593 g/mol. The van der Waals surface area contributed by atoms with Crippen LogP contribution in [0.3, 0.4) is 0 Å². The first-order valence-corrected chi connectivity index (χ1v) is 13.9. The summed E-state index contributed by atoms with van der Waals surface area (Å²) in [6, 6.07) is 15.7. The van der Waals surface area contributed by atoms with Crippen molar-refractivity contribution in [2.24, 2.45) is 0 Å². The van der Waals surface area contributed by atoms with Crippen LogP contribution < -0.4 is 10.9 Å². The van der Waals surface area contributed by atoms with E-state index in [2.05, 4.69) is 20.8 Å². The third-order valence-corrected chi connectivity index (χ3v) is 4.71. The number of hydrogen-bond acceptors (Lipinski definition) is 6. The molecule has 6 nitrogen and oxygen atoms in total. The number of para-hydroxylation sites is 2. The Bertz CT molecular complexity index is 776. The Labute approximate surface area is 168 Å². The van der Waals surface area contributed by atoms with E-state index >= 15 is 0 Å². The molecule has 0 saturated carbocycles. The fraction of sp³-hybridized carbons (Fsp3) is 0. The summed E-state index contributed by atoms with van der Waals surface area (Å²) in [5.74, 6) is 13.7. The van der Waals surface area contributed by atoms with Gasteiger partial charge >= 0.3 is 35.3 Å². The van der Waals surface area contributed by atoms with Gasteiger partial charge in [0.1, 0.15) is 0 Å². The molecule has 0 radical (unpaired) electrons. The predicted octanol–water partition coefficient (Wildman–Crippen LogP) is 6.73. The number of hydrogen-bond donors (Lipinski definition) is 2. The third kappa shape index (κ3) is 6.04. The number of thiazole rings is 2. The summed E-state index contributed by atoms with van der Waals surface area (Å²) < 4.78 is 2.23. The first kappa shape index (κ1) is 20.3. The average molecular weight is 594 g/mol. The van der Waals surface area contributed by atoms with Crippen LogP contribution in [0.5, 0.6) is 0 Å². The molecule has 0 spiro atoms. The van der Waals surface area contributed by atoms with Gasteiger partial charge in [0, 0.05) is 0 Å². The summed E-state index contributed by atoms with van der Waals surface area (Å²) in [6.07, 6.45) is 0. The maximum atomic E-state index is 6.87. The van der Waals surface area contributed by atoms with Crippen molar-refractivity contribution >= 4 is 72.2 Å². The Morgan fingerprint density at radius 3 is 1.44 bits per heavy atom. The van der Waals surface area contributed by atoms with Crippen LogP contribution in [0.4, 0.5) is 10.3 Å². The van der Waals surface area contributed by atoms with E-state index in [1.807, 2.05) is 48.5 Å². The maximum Gasteiger partial charge on any atom is 0.166 e. The van der Waals surface area contributed by atoms with Gasteiger partial charge < -0.3 is 22.5 Å². The third-order valence-electron chi connectivity index (χ3n) is 2.80. The molecule has 0 amide bonds. The van der Waals surface area contributed by atoms with Gasteiger partial charge in [-0.05, 0) is 24.3 Å². The van der Waals surface area contributed by atoms with Crippen LogP contribution in [0, 0.1) is 0 Å². The molecule has 0 aliphatic heterocycles. The molecule has 4 rings (SSSR count). The maximum absolute atomic E-state index is 6.87. The summed E-state index contributed by atoms with van der Waals surface area (Å²) >= 11 is 2.50. The molecule has 0 atom stereocenters. The number of nitrogens with one attached hydrogen (secondary N) is 4. The van der Waals surface area contributed by atoms with Gasteiger partial charge in [-0.15, -0.1) is 0 Å². The molecular weight excluding hydrogens is 582 g/mol. The Morgan fingerprint density at radius 1 is 0.760 bits per heavy atom. The molecule has 25 heavy (non-hydrogen) atoms. The normalized spacial score (nSPS) is 9.92. The Morgan fingerprint density at radius 2 is 1.12 bits per heavy atom. The van der Waals surface area contributed by atoms with E-state index in [0.717, 1.165) is 20.4 Å². The summed E-state index contributed by atoms with van der Waals surface area (Å²) in [5, 5.41) is 1.29. The van der Waals surface area contributed by atoms with Crippen LogP contribution in [0.1, 0.15) is 0 Å².